The van der Waals surface area contributed by atoms with Gasteiger partial charge in [0.25, 0.3) is 5.91 Å². The van der Waals surface area contributed by atoms with Gasteiger partial charge in [0.1, 0.15) is 17.3 Å². The van der Waals surface area contributed by atoms with Crippen molar-refractivity contribution >= 4 is 41.1 Å². The number of furan rings is 1. The Hall–Kier alpha value is -5.97. The van der Waals surface area contributed by atoms with Crippen LogP contribution in [0.1, 0.15) is 199 Å². The summed E-state index contributed by atoms with van der Waals surface area (Å²) in [5, 5.41) is 3.70. The van der Waals surface area contributed by atoms with Crippen LogP contribution in [0.4, 0.5) is 31.0 Å². The molecule has 11 aliphatic rings. The lowest BCUT2D eigenvalue weighted by molar-refractivity contribution is -0.116. The van der Waals surface area contributed by atoms with E-state index in [4.69, 9.17) is 13.9 Å². The number of rotatable bonds is 8. The second-order valence-electron chi connectivity index (χ2n) is 29.8. The molecule has 3 spiro atoms. The first-order valence-electron chi connectivity index (χ1n) is 36.1. The van der Waals surface area contributed by atoms with Gasteiger partial charge in [-0.15, -0.1) is 0 Å². The van der Waals surface area contributed by atoms with Crippen molar-refractivity contribution in [3.05, 3.63) is 111 Å². The number of hydrogen-bond donors (Lipinski definition) is 1. The highest BCUT2D eigenvalue weighted by molar-refractivity contribution is 6.08. The molecular weight excluding hydrogens is 1160 g/mol. The van der Waals surface area contributed by atoms with E-state index >= 15 is 0 Å². The minimum absolute atomic E-state index is 0.0792. The van der Waals surface area contributed by atoms with Gasteiger partial charge >= 0.3 is 12.2 Å². The summed E-state index contributed by atoms with van der Waals surface area (Å²) in [4.78, 5) is 66.2. The zero-order valence-electron chi connectivity index (χ0n) is 56.5. The van der Waals surface area contributed by atoms with Crippen LogP contribution in [0.3, 0.4) is 0 Å². The number of halogens is 1. The van der Waals surface area contributed by atoms with Gasteiger partial charge in [0.05, 0.1) is 18.8 Å². The molecule has 4 amide bonds. The number of nitrogens with zero attached hydrogens (tertiary/aromatic N) is 7. The van der Waals surface area contributed by atoms with Gasteiger partial charge in [-0.2, -0.15) is 0 Å². The van der Waals surface area contributed by atoms with E-state index in [2.05, 4.69) is 70.3 Å². The van der Waals surface area contributed by atoms with Gasteiger partial charge in [-0.1, -0.05) is 56.0 Å². The van der Waals surface area contributed by atoms with Crippen LogP contribution in [-0.2, 0) is 36.9 Å². The lowest BCUT2D eigenvalue weighted by atomic mass is 9.66. The first-order chi connectivity index (χ1) is 44.5. The van der Waals surface area contributed by atoms with E-state index in [-0.39, 0.29) is 52.7 Å². The summed E-state index contributed by atoms with van der Waals surface area (Å²) in [6.07, 6.45) is 23.7. The fourth-order valence-electron chi connectivity index (χ4n) is 19.9. The van der Waals surface area contributed by atoms with Crippen molar-refractivity contribution in [1.29, 1.82) is 0 Å². The number of likely N-dealkylation sites (tertiary alicyclic amines) is 4. The number of amides is 4. The Morgan fingerprint density at radius 3 is 1.75 bits per heavy atom. The summed E-state index contributed by atoms with van der Waals surface area (Å²) in [6.45, 7) is 25.1. The van der Waals surface area contributed by atoms with Crippen LogP contribution in [-0.4, -0.2) is 164 Å². The van der Waals surface area contributed by atoms with E-state index in [0.717, 1.165) is 164 Å². The summed E-state index contributed by atoms with van der Waals surface area (Å²) in [7, 11) is 0. The number of fused-ring (bicyclic) bond motifs is 10. The van der Waals surface area contributed by atoms with Gasteiger partial charge in [-0.25, -0.2) is 14.0 Å². The van der Waals surface area contributed by atoms with Crippen LogP contribution < -0.4 is 15.1 Å². The largest absolute Gasteiger partial charge is 0.466 e. The fraction of sp³-hybridized carbons (Fsp3) is 0.658. The molecule has 6 saturated heterocycles. The fourth-order valence-corrected chi connectivity index (χ4v) is 19.9. The molecule has 92 heavy (non-hydrogen) atoms. The van der Waals surface area contributed by atoms with E-state index in [1.54, 1.807) is 30.7 Å². The molecule has 9 aliphatic heterocycles. The maximum absolute atomic E-state index is 14.5. The van der Waals surface area contributed by atoms with Crippen LogP contribution in [0.25, 0.3) is 0 Å². The number of nitrogens with one attached hydrogen (secondary N) is 1. The Labute approximate surface area is 547 Å². The number of carbonyl (C=O) groups excluding carboxylic acids is 4. The van der Waals surface area contributed by atoms with Crippen molar-refractivity contribution in [3.63, 3.8) is 0 Å². The van der Waals surface area contributed by atoms with E-state index in [0.29, 0.717) is 54.3 Å². The topological polar surface area (TPSA) is 135 Å². The zero-order chi connectivity index (χ0) is 64.1. The molecule has 1 N–H and O–H groups in total. The van der Waals surface area contributed by atoms with Crippen LogP contribution in [0, 0.1) is 38.4 Å². The van der Waals surface area contributed by atoms with Gasteiger partial charge in [-0.3, -0.25) is 14.5 Å². The molecule has 10 heterocycles. The average molecular weight is 1260 g/mol. The Morgan fingerprint density at radius 2 is 1.15 bits per heavy atom. The standard InChI is InChI=1S/C29H36FN3O4.C25H37N3O3.C22H32N2/c1-4-36-28(35)33-21-6-7-22(33)16-23(15-21)31-11-9-29(10-12-31)17-32(26-8-5-20(30)14-25(26)29)27(34)24-13-18(2)37-19(24)3;1-4-6-20-7-8-23-22(17-20)25(18-28(23)19(3)29)11-15-26(16-12-25)21-9-13-27(14-10-21)24(30)31-5-2;1-16-8-9-20-19(14-16)22(15-23-20)10-12-24(13-11-22)21-17-4-2-5-18(21)7-3-6-17/h5,8,13-14,21-23H,4,6-7,9-12,15-17H2,1-3H3;7-8,17,21H,4-6,9-16,18H2,1-3H3;8-9,14,17-18,21,23H,2-7,10-13,15H2,1H3. The Kier molecular flexibility index (Phi) is 19.0. The predicted octanol–water partition coefficient (Wildman–Crippen LogP) is 13.9. The van der Waals surface area contributed by atoms with Gasteiger partial charge in [0.2, 0.25) is 5.91 Å². The minimum Gasteiger partial charge on any atom is -0.466 e. The molecule has 3 aromatic carbocycles. The molecule has 16 heteroatoms. The summed E-state index contributed by atoms with van der Waals surface area (Å²) >= 11 is 0. The summed E-state index contributed by atoms with van der Waals surface area (Å²) in [5.41, 5.74) is 11.0. The van der Waals surface area contributed by atoms with E-state index < -0.39 is 0 Å². The van der Waals surface area contributed by atoms with Crippen molar-refractivity contribution in [2.75, 3.05) is 100 Å². The molecule has 2 aliphatic carbocycles. The Balaban J connectivity index is 0.000000129. The molecule has 2 atom stereocenters. The van der Waals surface area contributed by atoms with Gasteiger partial charge in [-0.05, 0) is 254 Å². The molecule has 4 bridgehead atoms. The maximum Gasteiger partial charge on any atom is 0.410 e. The van der Waals surface area contributed by atoms with Crippen molar-refractivity contribution in [2.24, 2.45) is 11.8 Å². The molecular formula is C76H105FN8O7. The van der Waals surface area contributed by atoms with Gasteiger partial charge < -0.3 is 48.6 Å². The minimum atomic E-state index is -0.256. The van der Waals surface area contributed by atoms with Crippen molar-refractivity contribution in [1.82, 2.24) is 24.5 Å². The Bertz CT molecular complexity index is 3280. The van der Waals surface area contributed by atoms with E-state index in [1.165, 1.54) is 92.9 Å². The lowest BCUT2D eigenvalue weighted by Gasteiger charge is -2.51. The first kappa shape index (κ1) is 64.7. The van der Waals surface area contributed by atoms with E-state index in [9.17, 15) is 23.6 Å². The second-order valence-corrected chi connectivity index (χ2v) is 29.8. The zero-order valence-corrected chi connectivity index (χ0v) is 56.5. The van der Waals surface area contributed by atoms with Gasteiger partial charge in [0.15, 0.2) is 0 Å². The number of aryl methyl sites for hydroxylation is 4. The SMILES string of the molecule is CCCc1ccc2c(c1)C1(CCN(C3CCN(C(=O)OCC)CC3)CC1)CN2C(C)=O.CCOC(=O)N1C2CCC1CC(N1CCC3(CC1)CN(C(=O)c1cc(C)oc1C)c1ccc(F)cc13)C2.Cc1ccc2c(c1)C1(CCN(C3C4CCCC3CCC4)CC1)CN2. The van der Waals surface area contributed by atoms with Crippen LogP contribution in [0.15, 0.2) is 65.1 Å². The molecule has 8 fully saturated rings. The lowest BCUT2D eigenvalue weighted by Crippen LogP contribution is -2.55. The third-order valence-corrected chi connectivity index (χ3v) is 24.6. The predicted molar refractivity (Wildman–Crippen MR) is 361 cm³/mol. The monoisotopic (exact) mass is 1260 g/mol. The normalized spacial score (nSPS) is 27.0. The van der Waals surface area contributed by atoms with Gasteiger partial charge in [0, 0.05) is 103 Å². The van der Waals surface area contributed by atoms with Crippen LogP contribution in [0.5, 0.6) is 0 Å². The molecule has 2 saturated carbocycles. The smallest absolute Gasteiger partial charge is 0.410 e. The summed E-state index contributed by atoms with van der Waals surface area (Å²) < 4.78 is 30.6. The number of carbonyl (C=O) groups is 4. The number of hydrogen-bond acceptors (Lipinski definition) is 11. The molecule has 15 rings (SSSR count). The van der Waals surface area contributed by atoms with Crippen LogP contribution >= 0.6 is 0 Å². The van der Waals surface area contributed by atoms with Crippen molar-refractivity contribution in [3.8, 4) is 0 Å². The maximum atomic E-state index is 14.5. The third-order valence-electron chi connectivity index (χ3n) is 24.6. The first-order valence-corrected chi connectivity index (χ1v) is 36.1. The highest BCUT2D eigenvalue weighted by atomic mass is 19.1. The highest BCUT2D eigenvalue weighted by Crippen LogP contribution is 2.52. The number of ether oxygens (including phenoxy) is 2. The summed E-state index contributed by atoms with van der Waals surface area (Å²) in [6, 6.07) is 22.9. The van der Waals surface area contributed by atoms with Crippen LogP contribution in [0.2, 0.25) is 0 Å². The number of anilines is 3. The molecule has 2 unspecified atom stereocenters. The quantitative estimate of drug-likeness (QED) is 0.181. The van der Waals surface area contributed by atoms with Crippen molar-refractivity contribution in [2.45, 2.75) is 223 Å². The Morgan fingerprint density at radius 1 is 0.587 bits per heavy atom. The molecule has 1 aromatic heterocycles. The molecule has 498 valence electrons. The highest BCUT2D eigenvalue weighted by Gasteiger charge is 2.52. The average Bonchev–Trinajstić information content (AvgIpc) is 1.58. The van der Waals surface area contributed by atoms with E-state index in [1.807, 2.05) is 47.3 Å². The molecule has 15 nitrogen and oxygen atoms in total. The summed E-state index contributed by atoms with van der Waals surface area (Å²) in [5.74, 6) is 3.18. The number of piperidine rings is 5. The third kappa shape index (κ3) is 12.5. The number of benzene rings is 3. The molecule has 0 radical (unpaired) electrons. The second kappa shape index (κ2) is 27.0. The van der Waals surface area contributed by atoms with Crippen molar-refractivity contribution < 1.29 is 37.5 Å². The molecule has 4 aromatic rings.